The van der Waals surface area contributed by atoms with Crippen LogP contribution in [0.15, 0.2) is 30.3 Å². The summed E-state index contributed by atoms with van der Waals surface area (Å²) < 4.78 is 0. The van der Waals surface area contributed by atoms with E-state index in [1.165, 1.54) is 21.9 Å². The molecule has 3 rings (SSSR count). The van der Waals surface area contributed by atoms with Gasteiger partial charge in [-0.25, -0.2) is 4.98 Å². The molecule has 1 aliphatic rings. The van der Waals surface area contributed by atoms with Crippen LogP contribution in [0.25, 0.3) is 0 Å². The molecule has 1 aromatic carbocycles. The Bertz CT molecular complexity index is 536. The van der Waals surface area contributed by atoms with Gasteiger partial charge in [0.15, 0.2) is 11.3 Å². The summed E-state index contributed by atoms with van der Waals surface area (Å²) in [6, 6.07) is 10.4. The molecule has 0 unspecified atom stereocenters. The first-order valence-corrected chi connectivity index (χ1v) is 6.42. The van der Waals surface area contributed by atoms with Crippen molar-refractivity contribution >= 4 is 23.3 Å². The minimum atomic E-state index is 0.602. The highest BCUT2D eigenvalue weighted by Gasteiger charge is 2.20. The Balaban J connectivity index is 1.87. The number of nitrogens with zero attached hydrogens (tertiary/aromatic N) is 2. The molecular weight excluding hydrogens is 232 g/mol. The van der Waals surface area contributed by atoms with E-state index in [-0.39, 0.29) is 0 Å². The van der Waals surface area contributed by atoms with Gasteiger partial charge in [-0.1, -0.05) is 18.2 Å². The topological polar surface area (TPSA) is 33.2 Å². The van der Waals surface area contributed by atoms with Crippen LogP contribution in [0.3, 0.4) is 0 Å². The van der Waals surface area contributed by atoms with Crippen molar-refractivity contribution in [3.8, 4) is 0 Å². The number of carbonyl (C=O) groups excluding carboxylic acids is 1. The second-order valence-electron chi connectivity index (χ2n) is 4.05. The van der Waals surface area contributed by atoms with Crippen molar-refractivity contribution in [3.05, 3.63) is 45.9 Å². The molecule has 0 fully saturated rings. The molecule has 4 heteroatoms. The lowest BCUT2D eigenvalue weighted by Gasteiger charge is -2.28. The highest BCUT2D eigenvalue weighted by atomic mass is 32.1. The Hall–Kier alpha value is -1.68. The third-order valence-corrected chi connectivity index (χ3v) is 3.98. The van der Waals surface area contributed by atoms with Crippen molar-refractivity contribution < 1.29 is 4.79 Å². The maximum absolute atomic E-state index is 10.7. The second kappa shape index (κ2) is 4.30. The number of rotatable bonds is 2. The van der Waals surface area contributed by atoms with Crippen LogP contribution in [0.5, 0.6) is 0 Å². The minimum absolute atomic E-state index is 0.602. The van der Waals surface area contributed by atoms with Gasteiger partial charge in [-0.15, -0.1) is 11.3 Å². The third kappa shape index (κ3) is 1.96. The molecule has 3 nitrogen and oxygen atoms in total. The first-order chi connectivity index (χ1) is 8.36. The molecule has 0 amide bonds. The van der Waals surface area contributed by atoms with Crippen LogP contribution >= 0.6 is 11.3 Å². The van der Waals surface area contributed by atoms with Crippen LogP contribution in [0.1, 0.15) is 20.4 Å². The predicted octanol–water partition coefficient (Wildman–Crippen LogP) is 2.52. The Morgan fingerprint density at radius 2 is 2.12 bits per heavy atom. The molecule has 17 heavy (non-hydrogen) atoms. The summed E-state index contributed by atoms with van der Waals surface area (Å²) in [6.07, 6.45) is 1.77. The molecule has 0 bridgehead atoms. The number of hydrogen-bond donors (Lipinski definition) is 0. The Kier molecular flexibility index (Phi) is 2.65. The lowest BCUT2D eigenvalue weighted by molar-refractivity contribution is 0.112. The number of aromatic nitrogens is 1. The van der Waals surface area contributed by atoms with Gasteiger partial charge in [-0.2, -0.15) is 0 Å². The fraction of sp³-hybridized carbons (Fsp3) is 0.231. The monoisotopic (exact) mass is 244 g/mol. The molecule has 1 aromatic heterocycles. The van der Waals surface area contributed by atoms with E-state index in [1.807, 2.05) is 18.2 Å². The van der Waals surface area contributed by atoms with Gasteiger partial charge in [-0.05, 0) is 12.1 Å². The lowest BCUT2D eigenvalue weighted by atomic mass is 10.1. The first-order valence-electron chi connectivity index (χ1n) is 5.60. The standard InChI is InChI=1S/C13H12N2OS/c16-9-13-14-11-6-7-15(8-12(11)17-13)10-4-2-1-3-5-10/h1-5,9H,6-8H2. The normalized spacial score (nSPS) is 14.5. The van der Waals surface area contributed by atoms with Gasteiger partial charge in [0, 0.05) is 23.5 Å². The molecule has 0 radical (unpaired) electrons. The zero-order valence-corrected chi connectivity index (χ0v) is 10.1. The summed E-state index contributed by atoms with van der Waals surface area (Å²) in [7, 11) is 0. The zero-order chi connectivity index (χ0) is 11.7. The fourth-order valence-electron chi connectivity index (χ4n) is 2.13. The molecule has 2 aromatic rings. The van der Waals surface area contributed by atoms with E-state index in [9.17, 15) is 4.79 Å². The minimum Gasteiger partial charge on any atom is -0.366 e. The van der Waals surface area contributed by atoms with Crippen molar-refractivity contribution in [2.45, 2.75) is 13.0 Å². The van der Waals surface area contributed by atoms with Gasteiger partial charge < -0.3 is 4.90 Å². The molecule has 0 N–H and O–H groups in total. The van der Waals surface area contributed by atoms with Gasteiger partial charge in [0.25, 0.3) is 0 Å². The van der Waals surface area contributed by atoms with Gasteiger partial charge in [0.05, 0.1) is 12.2 Å². The third-order valence-electron chi connectivity index (χ3n) is 2.97. The summed E-state index contributed by atoms with van der Waals surface area (Å²) in [5.74, 6) is 0. The van der Waals surface area contributed by atoms with E-state index in [1.54, 1.807) is 0 Å². The molecular formula is C13H12N2OS. The molecule has 0 saturated carbocycles. The summed E-state index contributed by atoms with van der Waals surface area (Å²) in [5, 5.41) is 0.602. The van der Waals surface area contributed by atoms with Gasteiger partial charge in [0.2, 0.25) is 0 Å². The molecule has 2 heterocycles. The average Bonchev–Trinajstić information content (AvgIpc) is 2.81. The van der Waals surface area contributed by atoms with Gasteiger partial charge in [-0.3, -0.25) is 4.79 Å². The molecule has 86 valence electrons. The summed E-state index contributed by atoms with van der Waals surface area (Å²) in [5.41, 5.74) is 2.34. The molecule has 0 saturated heterocycles. The quantitative estimate of drug-likeness (QED) is 0.761. The van der Waals surface area contributed by atoms with Crippen molar-refractivity contribution in [1.29, 1.82) is 0 Å². The van der Waals surface area contributed by atoms with E-state index < -0.39 is 0 Å². The van der Waals surface area contributed by atoms with Crippen LogP contribution in [0.4, 0.5) is 5.69 Å². The number of hydrogen-bond acceptors (Lipinski definition) is 4. The van der Waals surface area contributed by atoms with E-state index >= 15 is 0 Å². The van der Waals surface area contributed by atoms with E-state index in [0.717, 1.165) is 31.5 Å². The Labute approximate surface area is 104 Å². The number of fused-ring (bicyclic) bond motifs is 1. The molecule has 0 aliphatic carbocycles. The largest absolute Gasteiger partial charge is 0.366 e. The lowest BCUT2D eigenvalue weighted by Crippen LogP contribution is -2.29. The number of benzene rings is 1. The maximum atomic E-state index is 10.7. The van der Waals surface area contributed by atoms with Crippen LogP contribution in [-0.2, 0) is 13.0 Å². The highest BCUT2D eigenvalue weighted by Crippen LogP contribution is 2.27. The predicted molar refractivity (Wildman–Crippen MR) is 68.7 cm³/mol. The Morgan fingerprint density at radius 1 is 1.29 bits per heavy atom. The zero-order valence-electron chi connectivity index (χ0n) is 9.30. The van der Waals surface area contributed by atoms with E-state index in [2.05, 4.69) is 22.0 Å². The second-order valence-corrected chi connectivity index (χ2v) is 5.16. The Morgan fingerprint density at radius 3 is 2.88 bits per heavy atom. The van der Waals surface area contributed by atoms with Crippen molar-refractivity contribution in [2.24, 2.45) is 0 Å². The van der Waals surface area contributed by atoms with E-state index in [4.69, 9.17) is 0 Å². The SMILES string of the molecule is O=Cc1nc2c(s1)CN(c1ccccc1)CC2. The number of anilines is 1. The van der Waals surface area contributed by atoms with Crippen molar-refractivity contribution in [1.82, 2.24) is 4.98 Å². The number of carbonyl (C=O) groups is 1. The van der Waals surface area contributed by atoms with Crippen LogP contribution in [0.2, 0.25) is 0 Å². The fourth-order valence-corrected chi connectivity index (χ4v) is 3.07. The number of aldehydes is 1. The number of para-hydroxylation sites is 1. The number of thiazole rings is 1. The summed E-state index contributed by atoms with van der Waals surface area (Å²) in [6.45, 7) is 1.84. The molecule has 0 spiro atoms. The summed E-state index contributed by atoms with van der Waals surface area (Å²) >= 11 is 1.51. The maximum Gasteiger partial charge on any atom is 0.178 e. The average molecular weight is 244 g/mol. The highest BCUT2D eigenvalue weighted by molar-refractivity contribution is 7.13. The van der Waals surface area contributed by atoms with E-state index in [0.29, 0.717) is 5.01 Å². The van der Waals surface area contributed by atoms with Gasteiger partial charge in [0.1, 0.15) is 0 Å². The summed E-state index contributed by atoms with van der Waals surface area (Å²) in [4.78, 5) is 18.6. The molecule has 0 atom stereocenters. The van der Waals surface area contributed by atoms with Gasteiger partial charge >= 0.3 is 0 Å². The van der Waals surface area contributed by atoms with Crippen LogP contribution < -0.4 is 4.90 Å². The van der Waals surface area contributed by atoms with Crippen LogP contribution in [0, 0.1) is 0 Å². The van der Waals surface area contributed by atoms with Crippen LogP contribution in [-0.4, -0.2) is 17.8 Å². The molecule has 1 aliphatic heterocycles. The van der Waals surface area contributed by atoms with Crippen molar-refractivity contribution in [2.75, 3.05) is 11.4 Å². The smallest absolute Gasteiger partial charge is 0.178 e. The first kappa shape index (κ1) is 10.5. The van der Waals surface area contributed by atoms with Crippen molar-refractivity contribution in [3.63, 3.8) is 0 Å².